The van der Waals surface area contributed by atoms with Crippen molar-refractivity contribution in [1.82, 2.24) is 0 Å². The highest BCUT2D eigenvalue weighted by Gasteiger charge is 2.08. The van der Waals surface area contributed by atoms with Crippen LogP contribution in [-0.2, 0) is 0 Å². The highest BCUT2D eigenvalue weighted by molar-refractivity contribution is 9.10. The Morgan fingerprint density at radius 1 is 1.44 bits per heavy atom. The minimum absolute atomic E-state index is 0.0506. The number of halogens is 1. The van der Waals surface area contributed by atoms with E-state index in [4.69, 9.17) is 15.6 Å². The predicted octanol–water partition coefficient (Wildman–Crippen LogP) is 2.62. The van der Waals surface area contributed by atoms with Gasteiger partial charge in [-0.2, -0.15) is 0 Å². The van der Waals surface area contributed by atoms with E-state index in [1.807, 2.05) is 25.1 Å². The van der Waals surface area contributed by atoms with Crippen LogP contribution in [0.2, 0.25) is 0 Å². The zero-order valence-electron chi connectivity index (χ0n) is 9.45. The van der Waals surface area contributed by atoms with Crippen LogP contribution >= 0.6 is 15.9 Å². The normalized spacial score (nSPS) is 12.5. The van der Waals surface area contributed by atoms with Crippen LogP contribution in [0.5, 0.6) is 5.75 Å². The SMILES string of the molecule is C[C@H](N)c1cc(Br)ccc1OCCCCO. The van der Waals surface area contributed by atoms with Gasteiger partial charge in [0.25, 0.3) is 0 Å². The maximum absolute atomic E-state index is 8.66. The molecule has 0 aromatic heterocycles. The van der Waals surface area contributed by atoms with Gasteiger partial charge in [0.2, 0.25) is 0 Å². The van der Waals surface area contributed by atoms with E-state index in [0.29, 0.717) is 6.61 Å². The number of unbranched alkanes of at least 4 members (excludes halogenated alkanes) is 1. The molecular formula is C12H18BrNO2. The molecule has 4 heteroatoms. The average Bonchev–Trinajstić information content (AvgIpc) is 2.26. The monoisotopic (exact) mass is 287 g/mol. The maximum atomic E-state index is 8.66. The fourth-order valence-corrected chi connectivity index (χ4v) is 1.78. The molecule has 0 saturated heterocycles. The van der Waals surface area contributed by atoms with Crippen LogP contribution in [0, 0.1) is 0 Å². The Bertz CT molecular complexity index is 329. The fraction of sp³-hybridized carbons (Fsp3) is 0.500. The zero-order valence-corrected chi connectivity index (χ0v) is 11.0. The molecule has 1 atom stereocenters. The summed E-state index contributed by atoms with van der Waals surface area (Å²) in [6, 6.07) is 5.78. The summed E-state index contributed by atoms with van der Waals surface area (Å²) in [4.78, 5) is 0. The van der Waals surface area contributed by atoms with Crippen LogP contribution < -0.4 is 10.5 Å². The van der Waals surface area contributed by atoms with E-state index in [9.17, 15) is 0 Å². The fourth-order valence-electron chi connectivity index (χ4n) is 1.40. The lowest BCUT2D eigenvalue weighted by Crippen LogP contribution is -2.09. The second kappa shape index (κ2) is 6.89. The van der Waals surface area contributed by atoms with E-state index in [1.54, 1.807) is 0 Å². The summed E-state index contributed by atoms with van der Waals surface area (Å²) in [5.41, 5.74) is 6.87. The van der Waals surface area contributed by atoms with E-state index in [2.05, 4.69) is 15.9 Å². The highest BCUT2D eigenvalue weighted by atomic mass is 79.9. The lowest BCUT2D eigenvalue weighted by atomic mass is 10.1. The van der Waals surface area contributed by atoms with Crippen molar-refractivity contribution in [2.45, 2.75) is 25.8 Å². The molecule has 1 aromatic carbocycles. The van der Waals surface area contributed by atoms with Crippen LogP contribution in [-0.4, -0.2) is 18.3 Å². The zero-order chi connectivity index (χ0) is 12.0. The Hall–Kier alpha value is -0.580. The van der Waals surface area contributed by atoms with Gasteiger partial charge in [-0.05, 0) is 38.0 Å². The predicted molar refractivity (Wildman–Crippen MR) is 68.6 cm³/mol. The molecule has 0 fully saturated rings. The number of benzene rings is 1. The Morgan fingerprint density at radius 2 is 2.19 bits per heavy atom. The molecule has 0 heterocycles. The number of ether oxygens (including phenoxy) is 1. The van der Waals surface area contributed by atoms with E-state index in [1.165, 1.54) is 0 Å². The topological polar surface area (TPSA) is 55.5 Å². The lowest BCUT2D eigenvalue weighted by molar-refractivity contribution is 0.252. The molecule has 3 nitrogen and oxygen atoms in total. The number of hydrogen-bond donors (Lipinski definition) is 2. The number of aliphatic hydroxyl groups is 1. The first-order chi connectivity index (χ1) is 7.65. The summed E-state index contributed by atoms with van der Waals surface area (Å²) in [5, 5.41) is 8.66. The summed E-state index contributed by atoms with van der Waals surface area (Å²) in [7, 11) is 0. The Morgan fingerprint density at radius 3 is 2.81 bits per heavy atom. The molecule has 0 radical (unpaired) electrons. The lowest BCUT2D eigenvalue weighted by Gasteiger charge is -2.14. The van der Waals surface area contributed by atoms with E-state index >= 15 is 0 Å². The van der Waals surface area contributed by atoms with Crippen molar-refractivity contribution < 1.29 is 9.84 Å². The third kappa shape index (κ3) is 4.12. The number of nitrogens with two attached hydrogens (primary N) is 1. The largest absolute Gasteiger partial charge is 0.493 e. The Balaban J connectivity index is 2.64. The van der Waals surface area contributed by atoms with Crippen molar-refractivity contribution in [3.05, 3.63) is 28.2 Å². The molecule has 3 N–H and O–H groups in total. The molecule has 0 saturated carbocycles. The minimum atomic E-state index is -0.0506. The van der Waals surface area contributed by atoms with Crippen molar-refractivity contribution in [1.29, 1.82) is 0 Å². The van der Waals surface area contributed by atoms with Crippen LogP contribution in [0.25, 0.3) is 0 Å². The van der Waals surface area contributed by atoms with Gasteiger partial charge in [0.1, 0.15) is 5.75 Å². The summed E-state index contributed by atoms with van der Waals surface area (Å²) in [6.07, 6.45) is 1.62. The molecular weight excluding hydrogens is 270 g/mol. The number of hydrogen-bond acceptors (Lipinski definition) is 3. The summed E-state index contributed by atoms with van der Waals surface area (Å²) in [5.74, 6) is 0.830. The highest BCUT2D eigenvalue weighted by Crippen LogP contribution is 2.27. The van der Waals surface area contributed by atoms with Crippen molar-refractivity contribution in [3.8, 4) is 5.75 Å². The second-order valence-corrected chi connectivity index (χ2v) is 4.67. The molecule has 0 aliphatic heterocycles. The van der Waals surface area contributed by atoms with E-state index < -0.39 is 0 Å². The number of rotatable bonds is 6. The molecule has 1 aromatic rings. The standard InChI is InChI=1S/C12H18BrNO2/c1-9(14)11-8-10(13)4-5-12(11)16-7-3-2-6-15/h4-5,8-9,15H,2-3,6-7,14H2,1H3/t9-/m0/s1. The Labute approximate surface area is 105 Å². The molecule has 0 aliphatic rings. The molecule has 0 spiro atoms. The van der Waals surface area contributed by atoms with Crippen molar-refractivity contribution >= 4 is 15.9 Å². The minimum Gasteiger partial charge on any atom is -0.493 e. The molecule has 0 aliphatic carbocycles. The van der Waals surface area contributed by atoms with Crippen molar-refractivity contribution in [2.75, 3.05) is 13.2 Å². The third-order valence-corrected chi connectivity index (χ3v) is 2.77. The van der Waals surface area contributed by atoms with Crippen LogP contribution in [0.3, 0.4) is 0 Å². The van der Waals surface area contributed by atoms with E-state index in [-0.39, 0.29) is 12.6 Å². The van der Waals surface area contributed by atoms with Gasteiger partial charge in [-0.3, -0.25) is 0 Å². The van der Waals surface area contributed by atoms with Gasteiger partial charge in [0, 0.05) is 22.7 Å². The summed E-state index contributed by atoms with van der Waals surface area (Å²) < 4.78 is 6.65. The summed E-state index contributed by atoms with van der Waals surface area (Å²) in [6.45, 7) is 2.76. The van der Waals surface area contributed by atoms with Crippen molar-refractivity contribution in [3.63, 3.8) is 0 Å². The van der Waals surface area contributed by atoms with Gasteiger partial charge in [-0.1, -0.05) is 15.9 Å². The van der Waals surface area contributed by atoms with E-state index in [0.717, 1.165) is 28.6 Å². The van der Waals surface area contributed by atoms with Gasteiger partial charge in [0.05, 0.1) is 6.61 Å². The molecule has 1 rings (SSSR count). The van der Waals surface area contributed by atoms with Crippen LogP contribution in [0.4, 0.5) is 0 Å². The first-order valence-electron chi connectivity index (χ1n) is 5.44. The van der Waals surface area contributed by atoms with Crippen LogP contribution in [0.15, 0.2) is 22.7 Å². The second-order valence-electron chi connectivity index (χ2n) is 3.75. The van der Waals surface area contributed by atoms with Gasteiger partial charge in [-0.15, -0.1) is 0 Å². The maximum Gasteiger partial charge on any atom is 0.124 e. The smallest absolute Gasteiger partial charge is 0.124 e. The van der Waals surface area contributed by atoms with Gasteiger partial charge in [0.15, 0.2) is 0 Å². The molecule has 0 bridgehead atoms. The Kier molecular flexibility index (Phi) is 5.80. The summed E-state index contributed by atoms with van der Waals surface area (Å²) >= 11 is 3.41. The molecule has 0 unspecified atom stereocenters. The first-order valence-corrected chi connectivity index (χ1v) is 6.23. The van der Waals surface area contributed by atoms with Gasteiger partial charge >= 0.3 is 0 Å². The quantitative estimate of drug-likeness (QED) is 0.791. The van der Waals surface area contributed by atoms with Gasteiger partial charge < -0.3 is 15.6 Å². The number of aliphatic hydroxyl groups excluding tert-OH is 1. The molecule has 0 amide bonds. The van der Waals surface area contributed by atoms with Gasteiger partial charge in [-0.25, -0.2) is 0 Å². The average molecular weight is 288 g/mol. The van der Waals surface area contributed by atoms with Crippen molar-refractivity contribution in [2.24, 2.45) is 5.73 Å². The van der Waals surface area contributed by atoms with Crippen LogP contribution in [0.1, 0.15) is 31.4 Å². The third-order valence-electron chi connectivity index (χ3n) is 2.27. The molecule has 90 valence electrons. The molecule has 16 heavy (non-hydrogen) atoms. The first kappa shape index (κ1) is 13.5.